The minimum absolute atomic E-state index is 0.0529. The van der Waals surface area contributed by atoms with Crippen molar-refractivity contribution in [2.24, 2.45) is 11.8 Å². The molecule has 0 N–H and O–H groups in total. The highest BCUT2D eigenvalue weighted by Gasteiger charge is 2.74. The van der Waals surface area contributed by atoms with E-state index in [1.165, 1.54) is 6.42 Å². The minimum atomic E-state index is -0.0979. The molecule has 1 saturated carbocycles. The minimum Gasteiger partial charge on any atom is -0.379 e. The summed E-state index contributed by atoms with van der Waals surface area (Å²) in [5, 5.41) is 0. The molecule has 3 rings (SSSR count). The largest absolute Gasteiger partial charge is 0.379 e. The van der Waals surface area contributed by atoms with Gasteiger partial charge in [-0.1, -0.05) is 13.8 Å². The van der Waals surface area contributed by atoms with E-state index < -0.39 is 0 Å². The van der Waals surface area contributed by atoms with Gasteiger partial charge in [-0.05, 0) is 25.7 Å². The number of hydrogen-bond acceptors (Lipinski definition) is 4. The third-order valence-electron chi connectivity index (χ3n) is 5.50. The van der Waals surface area contributed by atoms with Gasteiger partial charge in [-0.25, -0.2) is 0 Å². The Bertz CT molecular complexity index is 365. The summed E-state index contributed by atoms with van der Waals surface area (Å²) in [6.45, 7) is 7.59. The molecule has 2 aliphatic heterocycles. The molecule has 2 heterocycles. The van der Waals surface area contributed by atoms with Crippen LogP contribution in [0.2, 0.25) is 0 Å². The lowest BCUT2D eigenvalue weighted by molar-refractivity contribution is -0.0504. The van der Waals surface area contributed by atoms with Crippen LogP contribution in [-0.2, 0) is 18.9 Å². The molecule has 20 heavy (non-hydrogen) atoms. The quantitative estimate of drug-likeness (QED) is 0.703. The van der Waals surface area contributed by atoms with Gasteiger partial charge in [0.1, 0.15) is 11.2 Å². The molecule has 1 spiro atoms. The van der Waals surface area contributed by atoms with E-state index in [-0.39, 0.29) is 23.4 Å². The fraction of sp³-hybridized carbons (Fsp3) is 1.00. The fourth-order valence-electron chi connectivity index (χ4n) is 4.22. The van der Waals surface area contributed by atoms with Crippen molar-refractivity contribution in [1.82, 2.24) is 0 Å². The van der Waals surface area contributed by atoms with Crippen LogP contribution in [0.1, 0.15) is 40.0 Å². The van der Waals surface area contributed by atoms with E-state index in [9.17, 15) is 0 Å². The highest BCUT2D eigenvalue weighted by atomic mass is 16.6. The van der Waals surface area contributed by atoms with Gasteiger partial charge in [0.25, 0.3) is 0 Å². The molecule has 0 aromatic carbocycles. The van der Waals surface area contributed by atoms with Crippen LogP contribution in [0, 0.1) is 11.8 Å². The number of epoxide rings is 2. The zero-order valence-electron chi connectivity index (χ0n) is 13.3. The lowest BCUT2D eigenvalue weighted by Crippen LogP contribution is -2.42. The van der Waals surface area contributed by atoms with E-state index in [1.807, 2.05) is 0 Å². The van der Waals surface area contributed by atoms with Crippen molar-refractivity contribution in [3.63, 3.8) is 0 Å². The van der Waals surface area contributed by atoms with Crippen LogP contribution < -0.4 is 0 Å². The molecule has 0 bridgehead atoms. The third kappa shape index (κ3) is 2.21. The molecule has 1 aliphatic carbocycles. The molecule has 3 aliphatic rings. The average molecular weight is 284 g/mol. The van der Waals surface area contributed by atoms with E-state index in [2.05, 4.69) is 20.8 Å². The van der Waals surface area contributed by atoms with Crippen molar-refractivity contribution in [2.45, 2.75) is 69.5 Å². The SMILES string of the molecule is CO[C@H]1[C@H](C2(C)OC2CCC(C)C)[C@@]2(CO2)C[C@H]1OC. The van der Waals surface area contributed by atoms with Crippen LogP contribution >= 0.6 is 0 Å². The van der Waals surface area contributed by atoms with Crippen molar-refractivity contribution in [3.05, 3.63) is 0 Å². The Morgan fingerprint density at radius 2 is 1.95 bits per heavy atom. The molecule has 4 heteroatoms. The topological polar surface area (TPSA) is 43.5 Å². The van der Waals surface area contributed by atoms with Gasteiger partial charge in [-0.2, -0.15) is 0 Å². The molecular weight excluding hydrogens is 256 g/mol. The first kappa shape index (κ1) is 14.8. The third-order valence-corrected chi connectivity index (χ3v) is 5.50. The predicted octanol–water partition coefficient (Wildman–Crippen LogP) is 2.40. The van der Waals surface area contributed by atoms with Gasteiger partial charge in [0, 0.05) is 20.6 Å². The van der Waals surface area contributed by atoms with E-state index in [0.29, 0.717) is 12.0 Å². The van der Waals surface area contributed by atoms with Crippen molar-refractivity contribution >= 4 is 0 Å². The van der Waals surface area contributed by atoms with Crippen molar-refractivity contribution < 1.29 is 18.9 Å². The second-order valence-corrected chi connectivity index (χ2v) is 7.27. The fourth-order valence-corrected chi connectivity index (χ4v) is 4.22. The first-order chi connectivity index (χ1) is 9.47. The van der Waals surface area contributed by atoms with Crippen LogP contribution in [0.3, 0.4) is 0 Å². The van der Waals surface area contributed by atoms with Crippen LogP contribution in [0.4, 0.5) is 0 Å². The van der Waals surface area contributed by atoms with Crippen LogP contribution in [-0.4, -0.2) is 50.3 Å². The molecule has 4 nitrogen and oxygen atoms in total. The van der Waals surface area contributed by atoms with Crippen LogP contribution in [0.5, 0.6) is 0 Å². The maximum absolute atomic E-state index is 6.12. The summed E-state index contributed by atoms with van der Waals surface area (Å²) in [7, 11) is 3.54. The van der Waals surface area contributed by atoms with Gasteiger partial charge in [-0.3, -0.25) is 0 Å². The summed E-state index contributed by atoms with van der Waals surface area (Å²) >= 11 is 0. The van der Waals surface area contributed by atoms with E-state index in [4.69, 9.17) is 18.9 Å². The summed E-state index contributed by atoms with van der Waals surface area (Å²) in [6.07, 6.45) is 3.84. The predicted molar refractivity (Wildman–Crippen MR) is 75.7 cm³/mol. The Kier molecular flexibility index (Phi) is 3.65. The molecule has 2 saturated heterocycles. The van der Waals surface area contributed by atoms with Gasteiger partial charge < -0.3 is 18.9 Å². The number of hydrogen-bond donors (Lipinski definition) is 0. The molecule has 0 amide bonds. The Morgan fingerprint density at radius 3 is 2.45 bits per heavy atom. The lowest BCUT2D eigenvalue weighted by Gasteiger charge is -2.27. The van der Waals surface area contributed by atoms with Gasteiger partial charge in [0.2, 0.25) is 0 Å². The Morgan fingerprint density at radius 1 is 1.25 bits per heavy atom. The summed E-state index contributed by atoms with van der Waals surface area (Å²) in [6, 6.07) is 0. The summed E-state index contributed by atoms with van der Waals surface area (Å²) in [5.41, 5.74) is -0.151. The van der Waals surface area contributed by atoms with Crippen molar-refractivity contribution in [1.29, 1.82) is 0 Å². The van der Waals surface area contributed by atoms with Crippen LogP contribution in [0.25, 0.3) is 0 Å². The summed E-state index contributed by atoms with van der Waals surface area (Å²) < 4.78 is 23.3. The Labute approximate surface area is 122 Å². The van der Waals surface area contributed by atoms with Gasteiger partial charge >= 0.3 is 0 Å². The molecule has 116 valence electrons. The first-order valence-corrected chi connectivity index (χ1v) is 7.84. The maximum atomic E-state index is 6.12. The molecule has 0 aromatic heterocycles. The maximum Gasteiger partial charge on any atom is 0.102 e. The lowest BCUT2D eigenvalue weighted by atomic mass is 9.80. The first-order valence-electron chi connectivity index (χ1n) is 7.84. The second kappa shape index (κ2) is 4.94. The molecule has 2 unspecified atom stereocenters. The van der Waals surface area contributed by atoms with E-state index >= 15 is 0 Å². The molecule has 6 atom stereocenters. The highest BCUT2D eigenvalue weighted by molar-refractivity contribution is 5.22. The number of ether oxygens (including phenoxy) is 4. The number of methoxy groups -OCH3 is 2. The zero-order chi connectivity index (χ0) is 14.5. The Balaban J connectivity index is 1.72. The smallest absolute Gasteiger partial charge is 0.102 e. The summed E-state index contributed by atoms with van der Waals surface area (Å²) in [4.78, 5) is 0. The number of rotatable bonds is 6. The van der Waals surface area contributed by atoms with Crippen molar-refractivity contribution in [2.75, 3.05) is 20.8 Å². The van der Waals surface area contributed by atoms with Crippen molar-refractivity contribution in [3.8, 4) is 0 Å². The van der Waals surface area contributed by atoms with Crippen LogP contribution in [0.15, 0.2) is 0 Å². The monoisotopic (exact) mass is 284 g/mol. The Hall–Kier alpha value is -0.160. The second-order valence-electron chi connectivity index (χ2n) is 7.27. The zero-order valence-corrected chi connectivity index (χ0v) is 13.3. The molecular formula is C16H28O4. The molecule has 3 fully saturated rings. The van der Waals surface area contributed by atoms with Gasteiger partial charge in [0.15, 0.2) is 0 Å². The average Bonchev–Trinajstić information content (AvgIpc) is 3.26. The van der Waals surface area contributed by atoms with Gasteiger partial charge in [-0.15, -0.1) is 0 Å². The highest BCUT2D eigenvalue weighted by Crippen LogP contribution is 2.61. The van der Waals surface area contributed by atoms with E-state index in [0.717, 1.165) is 25.4 Å². The molecule has 0 aromatic rings. The van der Waals surface area contributed by atoms with Gasteiger partial charge in [0.05, 0.1) is 30.8 Å². The standard InChI is InChI=1S/C16H28O4/c1-10(2)6-7-12-15(3,20-12)14-13(18-5)11(17-4)8-16(14)9-19-16/h10-14H,6-9H2,1-5H3/t11-,12?,13-,14-,15?,16+/m1/s1. The molecule has 0 radical (unpaired) electrons. The summed E-state index contributed by atoms with van der Waals surface area (Å²) in [5.74, 6) is 1.02. The normalized spacial score (nSPS) is 50.1. The van der Waals surface area contributed by atoms with E-state index in [1.54, 1.807) is 14.2 Å².